The first-order chi connectivity index (χ1) is 7.16. The summed E-state index contributed by atoms with van der Waals surface area (Å²) in [5.41, 5.74) is 2.64. The number of H-pyrrole nitrogens is 1. The van der Waals surface area contributed by atoms with Crippen molar-refractivity contribution in [3.05, 3.63) is 29.3 Å². The number of nitrogens with zero attached hydrogens (tertiary/aromatic N) is 3. The quantitative estimate of drug-likeness (QED) is 0.795. The second-order valence-electron chi connectivity index (χ2n) is 3.57. The second kappa shape index (κ2) is 3.98. The summed E-state index contributed by atoms with van der Waals surface area (Å²) in [6, 6.07) is 3.77. The molecule has 0 aromatic carbocycles. The predicted octanol–water partition coefficient (Wildman–Crippen LogP) is 2.64. The van der Waals surface area contributed by atoms with Crippen molar-refractivity contribution < 1.29 is 0 Å². The predicted molar refractivity (Wildman–Crippen MR) is 58.7 cm³/mol. The normalized spacial score (nSPS) is 10.9. The maximum Gasteiger partial charge on any atom is 0.222 e. The summed E-state index contributed by atoms with van der Waals surface area (Å²) in [6.07, 6.45) is 1.63. The first kappa shape index (κ1) is 10.1. The van der Waals surface area contributed by atoms with Gasteiger partial charge in [0.2, 0.25) is 5.28 Å². The fourth-order valence-electron chi connectivity index (χ4n) is 1.25. The molecule has 4 nitrogen and oxygen atoms in total. The highest BCUT2D eigenvalue weighted by atomic mass is 35.5. The standard InChI is InChI=1S/C10H11ClN4/c1-6(2)8-5-9(15-14-8)7-3-4-12-10(11)13-7/h3-6H,1-2H3,(H,14,15). The Kier molecular flexibility index (Phi) is 2.68. The molecule has 78 valence electrons. The van der Waals surface area contributed by atoms with Crippen LogP contribution in [0.4, 0.5) is 0 Å². The van der Waals surface area contributed by atoms with Crippen molar-refractivity contribution in [1.82, 2.24) is 20.2 Å². The van der Waals surface area contributed by atoms with Gasteiger partial charge in [-0.2, -0.15) is 5.10 Å². The van der Waals surface area contributed by atoms with E-state index in [0.29, 0.717) is 5.92 Å². The van der Waals surface area contributed by atoms with Gasteiger partial charge in [-0.05, 0) is 29.7 Å². The summed E-state index contributed by atoms with van der Waals surface area (Å²) in [5.74, 6) is 0.396. The third-order valence-electron chi connectivity index (χ3n) is 2.09. The van der Waals surface area contributed by atoms with Crippen LogP contribution in [0.25, 0.3) is 11.4 Å². The lowest BCUT2D eigenvalue weighted by atomic mass is 10.1. The van der Waals surface area contributed by atoms with Crippen molar-refractivity contribution in [2.24, 2.45) is 0 Å². The van der Waals surface area contributed by atoms with E-state index in [9.17, 15) is 0 Å². The monoisotopic (exact) mass is 222 g/mol. The van der Waals surface area contributed by atoms with Gasteiger partial charge >= 0.3 is 0 Å². The van der Waals surface area contributed by atoms with Crippen molar-refractivity contribution in [2.75, 3.05) is 0 Å². The van der Waals surface area contributed by atoms with E-state index in [1.165, 1.54) is 0 Å². The van der Waals surface area contributed by atoms with E-state index in [2.05, 4.69) is 34.0 Å². The van der Waals surface area contributed by atoms with E-state index < -0.39 is 0 Å². The number of hydrogen-bond donors (Lipinski definition) is 1. The zero-order valence-corrected chi connectivity index (χ0v) is 9.28. The SMILES string of the molecule is CC(C)c1cc(-c2ccnc(Cl)n2)[nH]n1. The Morgan fingerprint density at radius 2 is 2.20 bits per heavy atom. The molecule has 15 heavy (non-hydrogen) atoms. The molecule has 1 N–H and O–H groups in total. The number of rotatable bonds is 2. The van der Waals surface area contributed by atoms with E-state index in [1.807, 2.05) is 6.07 Å². The molecule has 0 aliphatic rings. The van der Waals surface area contributed by atoms with Crippen LogP contribution >= 0.6 is 11.6 Å². The Bertz CT molecular complexity index is 464. The molecular formula is C10H11ClN4. The number of aromatic amines is 1. The Balaban J connectivity index is 2.37. The Morgan fingerprint density at radius 3 is 2.80 bits per heavy atom. The van der Waals surface area contributed by atoms with Gasteiger partial charge in [0.1, 0.15) is 0 Å². The van der Waals surface area contributed by atoms with Crippen molar-refractivity contribution in [2.45, 2.75) is 19.8 Å². The van der Waals surface area contributed by atoms with Crippen LogP contribution < -0.4 is 0 Å². The van der Waals surface area contributed by atoms with Gasteiger partial charge in [-0.3, -0.25) is 5.10 Å². The number of hydrogen-bond acceptors (Lipinski definition) is 3. The topological polar surface area (TPSA) is 54.5 Å². The summed E-state index contributed by atoms with van der Waals surface area (Å²) in [6.45, 7) is 4.18. The first-order valence-corrected chi connectivity index (χ1v) is 5.09. The Labute approximate surface area is 92.7 Å². The molecule has 0 unspecified atom stereocenters. The lowest BCUT2D eigenvalue weighted by molar-refractivity contribution is 0.810. The molecule has 0 bridgehead atoms. The molecule has 0 fully saturated rings. The average molecular weight is 223 g/mol. The van der Waals surface area contributed by atoms with E-state index in [0.717, 1.165) is 17.1 Å². The van der Waals surface area contributed by atoms with Gasteiger partial charge in [0, 0.05) is 6.20 Å². The van der Waals surface area contributed by atoms with Crippen LogP contribution in [-0.2, 0) is 0 Å². The molecule has 0 radical (unpaired) electrons. The zero-order chi connectivity index (χ0) is 10.8. The van der Waals surface area contributed by atoms with Gasteiger partial charge in [0.15, 0.2) is 0 Å². The molecule has 2 aromatic rings. The van der Waals surface area contributed by atoms with Crippen molar-refractivity contribution >= 4 is 11.6 Å². The third-order valence-corrected chi connectivity index (χ3v) is 2.27. The van der Waals surface area contributed by atoms with Gasteiger partial charge in [-0.15, -0.1) is 0 Å². The number of aromatic nitrogens is 4. The molecule has 0 aliphatic heterocycles. The lowest BCUT2D eigenvalue weighted by Gasteiger charge is -1.96. The Hall–Kier alpha value is -1.42. The molecule has 5 heteroatoms. The van der Waals surface area contributed by atoms with Crippen LogP contribution in [0.3, 0.4) is 0 Å². The summed E-state index contributed by atoms with van der Waals surface area (Å²) < 4.78 is 0. The Morgan fingerprint density at radius 1 is 1.40 bits per heavy atom. The van der Waals surface area contributed by atoms with E-state index in [1.54, 1.807) is 12.3 Å². The molecule has 2 aromatic heterocycles. The molecule has 0 amide bonds. The highest BCUT2D eigenvalue weighted by Crippen LogP contribution is 2.19. The molecule has 0 aliphatic carbocycles. The molecule has 2 rings (SSSR count). The highest BCUT2D eigenvalue weighted by molar-refractivity contribution is 6.28. The van der Waals surface area contributed by atoms with Crippen molar-refractivity contribution in [3.63, 3.8) is 0 Å². The second-order valence-corrected chi connectivity index (χ2v) is 3.91. The summed E-state index contributed by atoms with van der Waals surface area (Å²) in [7, 11) is 0. The smallest absolute Gasteiger partial charge is 0.222 e. The lowest BCUT2D eigenvalue weighted by Crippen LogP contribution is -1.86. The highest BCUT2D eigenvalue weighted by Gasteiger charge is 2.07. The summed E-state index contributed by atoms with van der Waals surface area (Å²) >= 11 is 5.71. The maximum absolute atomic E-state index is 5.71. The van der Waals surface area contributed by atoms with E-state index >= 15 is 0 Å². The van der Waals surface area contributed by atoms with Crippen LogP contribution in [0.2, 0.25) is 5.28 Å². The van der Waals surface area contributed by atoms with Gasteiger partial charge in [-0.25, -0.2) is 9.97 Å². The van der Waals surface area contributed by atoms with Crippen LogP contribution in [0.5, 0.6) is 0 Å². The molecule has 0 spiro atoms. The molecule has 0 atom stereocenters. The number of halogens is 1. The third kappa shape index (κ3) is 2.15. The van der Waals surface area contributed by atoms with Crippen LogP contribution in [-0.4, -0.2) is 20.2 Å². The van der Waals surface area contributed by atoms with Gasteiger partial charge in [0.25, 0.3) is 0 Å². The van der Waals surface area contributed by atoms with Crippen LogP contribution in [0.15, 0.2) is 18.3 Å². The first-order valence-electron chi connectivity index (χ1n) is 4.71. The molecule has 0 saturated carbocycles. The fraction of sp³-hybridized carbons (Fsp3) is 0.300. The number of nitrogens with one attached hydrogen (secondary N) is 1. The summed E-state index contributed by atoms with van der Waals surface area (Å²) in [5, 5.41) is 7.37. The fourth-order valence-corrected chi connectivity index (χ4v) is 1.40. The van der Waals surface area contributed by atoms with Crippen molar-refractivity contribution in [3.8, 4) is 11.4 Å². The minimum Gasteiger partial charge on any atom is -0.276 e. The largest absolute Gasteiger partial charge is 0.276 e. The van der Waals surface area contributed by atoms with Crippen LogP contribution in [0.1, 0.15) is 25.5 Å². The zero-order valence-electron chi connectivity index (χ0n) is 8.53. The van der Waals surface area contributed by atoms with E-state index in [-0.39, 0.29) is 5.28 Å². The average Bonchev–Trinajstić information content (AvgIpc) is 2.66. The molecular weight excluding hydrogens is 212 g/mol. The van der Waals surface area contributed by atoms with E-state index in [4.69, 9.17) is 11.6 Å². The van der Waals surface area contributed by atoms with Crippen LogP contribution in [0, 0.1) is 0 Å². The minimum absolute atomic E-state index is 0.244. The van der Waals surface area contributed by atoms with Gasteiger partial charge in [-0.1, -0.05) is 13.8 Å². The van der Waals surface area contributed by atoms with Gasteiger partial charge in [0.05, 0.1) is 17.1 Å². The minimum atomic E-state index is 0.244. The van der Waals surface area contributed by atoms with Crippen molar-refractivity contribution in [1.29, 1.82) is 0 Å². The maximum atomic E-state index is 5.71. The molecule has 2 heterocycles. The summed E-state index contributed by atoms with van der Waals surface area (Å²) in [4.78, 5) is 7.93. The molecule has 0 saturated heterocycles. The van der Waals surface area contributed by atoms with Gasteiger partial charge < -0.3 is 0 Å².